The van der Waals surface area contributed by atoms with Gasteiger partial charge in [0.05, 0.1) is 28.5 Å². The van der Waals surface area contributed by atoms with Crippen molar-refractivity contribution in [3.8, 4) is 27.6 Å². The highest BCUT2D eigenvalue weighted by atomic mass is 32.1. The molecule has 0 spiro atoms. The molecule has 0 unspecified atom stereocenters. The average Bonchev–Trinajstić information content (AvgIpc) is 3.45. The maximum atomic E-state index is 14.4. The van der Waals surface area contributed by atoms with Crippen LogP contribution in [0.15, 0.2) is 55.1 Å². The summed E-state index contributed by atoms with van der Waals surface area (Å²) in [5.41, 5.74) is 9.28. The van der Waals surface area contributed by atoms with Crippen molar-refractivity contribution in [2.75, 3.05) is 13.1 Å². The zero-order valence-electron chi connectivity index (χ0n) is 17.2. The molecule has 1 amide bonds. The molecule has 1 aromatic carbocycles. The number of amides is 1. The molecular formula is C24H20FN5OS. The van der Waals surface area contributed by atoms with Gasteiger partial charge in [-0.15, -0.1) is 11.3 Å². The Balaban J connectivity index is 1.62. The number of benzene rings is 1. The van der Waals surface area contributed by atoms with E-state index in [1.807, 2.05) is 34.9 Å². The second kappa shape index (κ2) is 8.19. The summed E-state index contributed by atoms with van der Waals surface area (Å²) in [7, 11) is 0. The molecule has 2 N–H and O–H groups in total. The number of hydrogen-bond donors (Lipinski definition) is 1. The van der Waals surface area contributed by atoms with Crippen LogP contribution >= 0.6 is 11.3 Å². The van der Waals surface area contributed by atoms with Crippen LogP contribution < -0.4 is 5.73 Å². The number of hydrogen-bond acceptors (Lipinski definition) is 5. The lowest BCUT2D eigenvalue weighted by Gasteiger charge is -2.30. The van der Waals surface area contributed by atoms with Crippen molar-refractivity contribution in [3.63, 3.8) is 0 Å². The van der Waals surface area contributed by atoms with Gasteiger partial charge in [-0.05, 0) is 54.3 Å². The summed E-state index contributed by atoms with van der Waals surface area (Å²) in [5.74, 6) is -0.638. The summed E-state index contributed by atoms with van der Waals surface area (Å²) in [5, 5.41) is 9.08. The Labute approximate surface area is 188 Å². The molecule has 4 heterocycles. The van der Waals surface area contributed by atoms with Crippen LogP contribution in [0.4, 0.5) is 4.39 Å². The fourth-order valence-corrected chi connectivity index (χ4v) is 5.25. The van der Waals surface area contributed by atoms with E-state index in [1.54, 1.807) is 23.5 Å². The Kier molecular flexibility index (Phi) is 5.21. The van der Waals surface area contributed by atoms with E-state index in [-0.39, 0.29) is 17.5 Å². The van der Waals surface area contributed by atoms with Crippen molar-refractivity contribution in [2.24, 2.45) is 5.73 Å². The van der Waals surface area contributed by atoms with Crippen molar-refractivity contribution in [2.45, 2.75) is 18.9 Å². The van der Waals surface area contributed by atoms with Gasteiger partial charge in [-0.25, -0.2) is 9.37 Å². The van der Waals surface area contributed by atoms with Gasteiger partial charge in [0.2, 0.25) is 0 Å². The molecule has 1 aliphatic heterocycles. The smallest absolute Gasteiger partial charge is 0.264 e. The van der Waals surface area contributed by atoms with Crippen molar-refractivity contribution in [3.05, 3.63) is 71.4 Å². The monoisotopic (exact) mass is 445 g/mol. The first-order valence-electron chi connectivity index (χ1n) is 10.3. The van der Waals surface area contributed by atoms with Crippen LogP contribution in [0.3, 0.4) is 0 Å². The number of piperidine rings is 1. The predicted molar refractivity (Wildman–Crippen MR) is 122 cm³/mol. The zero-order chi connectivity index (χ0) is 22.2. The van der Waals surface area contributed by atoms with Gasteiger partial charge in [-0.3, -0.25) is 4.79 Å². The first-order chi connectivity index (χ1) is 15.5. The van der Waals surface area contributed by atoms with Gasteiger partial charge >= 0.3 is 0 Å². The Morgan fingerprint density at radius 3 is 2.91 bits per heavy atom. The largest absolute Gasteiger partial charge is 0.336 e. The molecule has 0 saturated carbocycles. The van der Waals surface area contributed by atoms with Crippen molar-refractivity contribution < 1.29 is 9.18 Å². The van der Waals surface area contributed by atoms with Gasteiger partial charge in [0.25, 0.3) is 5.91 Å². The highest BCUT2D eigenvalue weighted by Gasteiger charge is 2.25. The Morgan fingerprint density at radius 2 is 2.12 bits per heavy atom. The average molecular weight is 446 g/mol. The van der Waals surface area contributed by atoms with Crippen LogP contribution in [0.2, 0.25) is 0 Å². The standard InChI is InChI=1S/C24H20FN5OS/c25-21-9-15(3-4-17(21)11-26)20-10-22(24(31)29-6-1-2-18(27)13-29)32-23(20)16-5-7-30-14-28-12-19(30)8-16/h3-5,7-10,12,14,18H,1-2,6,13,27H2/t18-/m1/s1. The molecule has 1 atom stereocenters. The first kappa shape index (κ1) is 20.4. The van der Waals surface area contributed by atoms with E-state index < -0.39 is 5.82 Å². The highest BCUT2D eigenvalue weighted by molar-refractivity contribution is 7.18. The lowest BCUT2D eigenvalue weighted by molar-refractivity contribution is 0.0714. The second-order valence-corrected chi connectivity index (χ2v) is 9.01. The topological polar surface area (TPSA) is 87.4 Å². The molecule has 1 aliphatic rings. The molecule has 0 bridgehead atoms. The quantitative estimate of drug-likeness (QED) is 0.509. The zero-order valence-corrected chi connectivity index (χ0v) is 18.0. The fourth-order valence-electron chi connectivity index (χ4n) is 4.11. The second-order valence-electron chi connectivity index (χ2n) is 7.95. The van der Waals surface area contributed by atoms with E-state index in [0.717, 1.165) is 34.4 Å². The summed E-state index contributed by atoms with van der Waals surface area (Å²) < 4.78 is 16.3. The van der Waals surface area contributed by atoms with Crippen LogP contribution in [-0.2, 0) is 0 Å². The van der Waals surface area contributed by atoms with E-state index in [1.165, 1.54) is 23.5 Å². The number of nitriles is 1. The maximum absolute atomic E-state index is 14.4. The van der Waals surface area contributed by atoms with Crippen LogP contribution in [0.25, 0.3) is 27.1 Å². The van der Waals surface area contributed by atoms with E-state index in [0.29, 0.717) is 23.5 Å². The number of rotatable bonds is 3. The molecule has 8 heteroatoms. The number of nitrogens with zero attached hydrogens (tertiary/aromatic N) is 4. The lowest BCUT2D eigenvalue weighted by Crippen LogP contribution is -2.45. The summed E-state index contributed by atoms with van der Waals surface area (Å²) >= 11 is 1.39. The minimum atomic E-state index is -0.580. The molecular weight excluding hydrogens is 425 g/mol. The summed E-state index contributed by atoms with van der Waals surface area (Å²) in [4.78, 5) is 20.7. The van der Waals surface area contributed by atoms with Crippen molar-refractivity contribution in [1.82, 2.24) is 14.3 Å². The number of nitrogens with two attached hydrogens (primary N) is 1. The Morgan fingerprint density at radius 1 is 1.25 bits per heavy atom. The first-order valence-corrected chi connectivity index (χ1v) is 11.2. The van der Waals surface area contributed by atoms with Crippen LogP contribution in [0, 0.1) is 17.1 Å². The highest BCUT2D eigenvalue weighted by Crippen LogP contribution is 2.40. The Hall–Kier alpha value is -3.54. The van der Waals surface area contributed by atoms with Gasteiger partial charge in [0.15, 0.2) is 0 Å². The SMILES string of the molecule is N#Cc1ccc(-c2cc(C(=O)N3CCC[C@@H](N)C3)sc2-c2ccn3cncc3c2)cc1F. The van der Waals surface area contributed by atoms with Crippen molar-refractivity contribution in [1.29, 1.82) is 5.26 Å². The van der Waals surface area contributed by atoms with Gasteiger partial charge in [0.1, 0.15) is 11.9 Å². The summed E-state index contributed by atoms with van der Waals surface area (Å²) in [6.45, 7) is 1.22. The molecule has 0 aliphatic carbocycles. The molecule has 5 rings (SSSR count). The number of halogens is 1. The van der Waals surface area contributed by atoms with Crippen molar-refractivity contribution >= 4 is 22.8 Å². The van der Waals surface area contributed by atoms with E-state index in [9.17, 15) is 9.18 Å². The number of likely N-dealkylation sites (tertiary alicyclic amines) is 1. The number of fused-ring (bicyclic) bond motifs is 1. The maximum Gasteiger partial charge on any atom is 0.264 e. The van der Waals surface area contributed by atoms with E-state index in [2.05, 4.69) is 4.98 Å². The number of aromatic nitrogens is 2. The minimum Gasteiger partial charge on any atom is -0.336 e. The third-order valence-electron chi connectivity index (χ3n) is 5.76. The number of imidazole rings is 1. The Bertz CT molecular complexity index is 1370. The van der Waals surface area contributed by atoms with Crippen LogP contribution in [0.1, 0.15) is 28.1 Å². The van der Waals surface area contributed by atoms with Gasteiger partial charge in [-0.2, -0.15) is 5.26 Å². The molecule has 3 aromatic heterocycles. The number of pyridine rings is 1. The van der Waals surface area contributed by atoms with Gasteiger partial charge < -0.3 is 15.0 Å². The molecule has 32 heavy (non-hydrogen) atoms. The van der Waals surface area contributed by atoms with E-state index in [4.69, 9.17) is 11.0 Å². The van der Waals surface area contributed by atoms with Gasteiger partial charge in [-0.1, -0.05) is 6.07 Å². The predicted octanol–water partition coefficient (Wildman–Crippen LogP) is 4.30. The molecule has 160 valence electrons. The van der Waals surface area contributed by atoms with Crippen LogP contribution in [-0.4, -0.2) is 39.3 Å². The molecule has 4 aromatic rings. The number of thiophene rings is 1. The summed E-state index contributed by atoms with van der Waals surface area (Å²) in [6.07, 6.45) is 7.20. The van der Waals surface area contributed by atoms with E-state index >= 15 is 0 Å². The summed E-state index contributed by atoms with van der Waals surface area (Å²) in [6, 6.07) is 12.2. The van der Waals surface area contributed by atoms with Gasteiger partial charge in [0, 0.05) is 35.8 Å². The normalized spacial score (nSPS) is 16.3. The molecule has 1 fully saturated rings. The third kappa shape index (κ3) is 3.66. The fraction of sp³-hybridized carbons (Fsp3) is 0.208. The minimum absolute atomic E-state index is 0.00943. The molecule has 0 radical (unpaired) electrons. The lowest BCUT2D eigenvalue weighted by atomic mass is 10.0. The molecule has 6 nitrogen and oxygen atoms in total. The number of carbonyl (C=O) groups is 1. The molecule has 1 saturated heterocycles. The number of carbonyl (C=O) groups excluding carboxylic acids is 1. The van der Waals surface area contributed by atoms with Crippen LogP contribution in [0.5, 0.6) is 0 Å². The third-order valence-corrected chi connectivity index (χ3v) is 6.94.